The second-order valence-corrected chi connectivity index (χ2v) is 6.58. The summed E-state index contributed by atoms with van der Waals surface area (Å²) in [5.41, 5.74) is 2.05. The summed E-state index contributed by atoms with van der Waals surface area (Å²) >= 11 is 11.8. The molecule has 7 heteroatoms. The first-order valence-corrected chi connectivity index (χ1v) is 8.34. The molecule has 3 rings (SSSR count). The van der Waals surface area contributed by atoms with Crippen molar-refractivity contribution in [3.05, 3.63) is 63.1 Å². The van der Waals surface area contributed by atoms with Crippen LogP contribution in [-0.2, 0) is 4.79 Å². The molecule has 0 spiro atoms. The van der Waals surface area contributed by atoms with E-state index in [4.69, 9.17) is 23.2 Å². The molecule has 2 aromatic carbocycles. The zero-order valence-corrected chi connectivity index (χ0v) is 14.8. The van der Waals surface area contributed by atoms with E-state index >= 15 is 0 Å². The maximum absolute atomic E-state index is 12.3. The summed E-state index contributed by atoms with van der Waals surface area (Å²) in [7, 11) is 0. The third-order valence-electron chi connectivity index (χ3n) is 3.97. The maximum atomic E-state index is 12.3. The molecule has 25 heavy (non-hydrogen) atoms. The molecular weight excluding hydrogens is 363 g/mol. The molecule has 0 atom stereocenters. The molecule has 0 saturated carbocycles. The van der Waals surface area contributed by atoms with Crippen molar-refractivity contribution in [2.45, 2.75) is 13.3 Å². The van der Waals surface area contributed by atoms with Gasteiger partial charge in [-0.2, -0.15) is 0 Å². The number of rotatable bonds is 4. The average Bonchev–Trinajstić information content (AvgIpc) is 2.80. The van der Waals surface area contributed by atoms with Crippen LogP contribution in [0.15, 0.2) is 36.4 Å². The Bertz CT molecular complexity index is 896. The highest BCUT2D eigenvalue weighted by atomic mass is 35.5. The van der Waals surface area contributed by atoms with Gasteiger partial charge in [-0.3, -0.25) is 19.3 Å². The van der Waals surface area contributed by atoms with Crippen LogP contribution in [0.3, 0.4) is 0 Å². The Kier molecular flexibility index (Phi) is 4.79. The van der Waals surface area contributed by atoms with Crippen LogP contribution in [0.4, 0.5) is 5.69 Å². The molecule has 0 fully saturated rings. The summed E-state index contributed by atoms with van der Waals surface area (Å²) < 4.78 is 0. The van der Waals surface area contributed by atoms with Gasteiger partial charge < -0.3 is 5.32 Å². The standard InChI is InChI=1S/C18H14Cl2N2O3/c1-10-2-3-12(20)9-15(10)21-16(23)6-7-22-17(24)13-5-4-11(19)8-14(13)18(22)25/h2-5,8-9H,6-7H2,1H3,(H,21,23). The quantitative estimate of drug-likeness (QED) is 0.822. The van der Waals surface area contributed by atoms with Crippen LogP contribution in [0.25, 0.3) is 0 Å². The van der Waals surface area contributed by atoms with Crippen molar-refractivity contribution in [3.8, 4) is 0 Å². The van der Waals surface area contributed by atoms with Gasteiger partial charge in [0.1, 0.15) is 0 Å². The van der Waals surface area contributed by atoms with Gasteiger partial charge in [0.2, 0.25) is 5.91 Å². The predicted molar refractivity (Wildman–Crippen MR) is 96.3 cm³/mol. The minimum Gasteiger partial charge on any atom is -0.326 e. The Labute approximate surface area is 154 Å². The van der Waals surface area contributed by atoms with Gasteiger partial charge in [0.05, 0.1) is 11.1 Å². The van der Waals surface area contributed by atoms with Crippen molar-refractivity contribution in [2.75, 3.05) is 11.9 Å². The van der Waals surface area contributed by atoms with Gasteiger partial charge in [0.25, 0.3) is 11.8 Å². The van der Waals surface area contributed by atoms with Gasteiger partial charge in [0, 0.05) is 28.7 Å². The molecule has 1 N–H and O–H groups in total. The van der Waals surface area contributed by atoms with Crippen LogP contribution in [0.5, 0.6) is 0 Å². The Hall–Kier alpha value is -2.37. The Balaban J connectivity index is 1.66. The van der Waals surface area contributed by atoms with Crippen LogP contribution in [0.1, 0.15) is 32.7 Å². The SMILES string of the molecule is Cc1ccc(Cl)cc1NC(=O)CCN1C(=O)c2ccc(Cl)cc2C1=O. The number of hydrogen-bond acceptors (Lipinski definition) is 3. The number of anilines is 1. The van der Waals surface area contributed by atoms with Crippen molar-refractivity contribution >= 4 is 46.6 Å². The van der Waals surface area contributed by atoms with Crippen LogP contribution < -0.4 is 5.32 Å². The molecule has 0 aliphatic carbocycles. The third-order valence-corrected chi connectivity index (χ3v) is 4.44. The summed E-state index contributed by atoms with van der Waals surface area (Å²) in [5, 5.41) is 3.64. The number of nitrogens with one attached hydrogen (secondary N) is 1. The fraction of sp³-hybridized carbons (Fsp3) is 0.167. The molecule has 0 unspecified atom stereocenters. The second-order valence-electron chi connectivity index (χ2n) is 5.71. The summed E-state index contributed by atoms with van der Waals surface area (Å²) in [6, 6.07) is 9.73. The van der Waals surface area contributed by atoms with E-state index in [2.05, 4.69) is 5.32 Å². The van der Waals surface area contributed by atoms with E-state index in [1.54, 1.807) is 24.3 Å². The molecule has 0 aromatic heterocycles. The first-order chi connectivity index (χ1) is 11.9. The minimum atomic E-state index is -0.436. The van der Waals surface area contributed by atoms with Crippen molar-refractivity contribution in [3.63, 3.8) is 0 Å². The highest BCUT2D eigenvalue weighted by Crippen LogP contribution is 2.26. The molecular formula is C18H14Cl2N2O3. The lowest BCUT2D eigenvalue weighted by Crippen LogP contribution is -2.32. The summed E-state index contributed by atoms with van der Waals surface area (Å²) in [6.07, 6.45) is -0.00878. The summed E-state index contributed by atoms with van der Waals surface area (Å²) in [4.78, 5) is 37.8. The first-order valence-electron chi connectivity index (χ1n) is 7.58. The number of carbonyl (C=O) groups excluding carboxylic acids is 3. The largest absolute Gasteiger partial charge is 0.326 e. The molecule has 2 aromatic rings. The second kappa shape index (κ2) is 6.86. The Morgan fingerprint density at radius 2 is 1.64 bits per heavy atom. The highest BCUT2D eigenvalue weighted by Gasteiger charge is 2.35. The molecule has 128 valence electrons. The van der Waals surface area contributed by atoms with E-state index in [1.165, 1.54) is 12.1 Å². The van der Waals surface area contributed by atoms with Crippen LogP contribution in [-0.4, -0.2) is 29.2 Å². The van der Waals surface area contributed by atoms with Crippen molar-refractivity contribution < 1.29 is 14.4 Å². The van der Waals surface area contributed by atoms with Gasteiger partial charge in [-0.25, -0.2) is 0 Å². The molecule has 5 nitrogen and oxygen atoms in total. The van der Waals surface area contributed by atoms with Gasteiger partial charge in [-0.15, -0.1) is 0 Å². The van der Waals surface area contributed by atoms with E-state index in [-0.39, 0.29) is 24.4 Å². The van der Waals surface area contributed by atoms with E-state index in [1.807, 2.05) is 6.92 Å². The maximum Gasteiger partial charge on any atom is 0.261 e. The first kappa shape index (κ1) is 17.5. The van der Waals surface area contributed by atoms with Crippen LogP contribution >= 0.6 is 23.2 Å². The van der Waals surface area contributed by atoms with Gasteiger partial charge >= 0.3 is 0 Å². The number of imide groups is 1. The lowest BCUT2D eigenvalue weighted by molar-refractivity contribution is -0.116. The van der Waals surface area contributed by atoms with E-state index in [0.29, 0.717) is 21.3 Å². The number of nitrogens with zero attached hydrogens (tertiary/aromatic N) is 1. The molecule has 3 amide bonds. The lowest BCUT2D eigenvalue weighted by Gasteiger charge is -2.14. The Morgan fingerprint density at radius 3 is 2.40 bits per heavy atom. The molecule has 0 bridgehead atoms. The Morgan fingerprint density at radius 1 is 1.00 bits per heavy atom. The van der Waals surface area contributed by atoms with Crippen LogP contribution in [0, 0.1) is 6.92 Å². The number of hydrogen-bond donors (Lipinski definition) is 1. The molecule has 0 saturated heterocycles. The van der Waals surface area contributed by atoms with Gasteiger partial charge in [-0.05, 0) is 42.8 Å². The smallest absolute Gasteiger partial charge is 0.261 e. The topological polar surface area (TPSA) is 66.5 Å². The minimum absolute atomic E-state index is 0.00455. The van der Waals surface area contributed by atoms with E-state index < -0.39 is 11.8 Å². The zero-order valence-electron chi connectivity index (χ0n) is 13.3. The van der Waals surface area contributed by atoms with Crippen molar-refractivity contribution in [1.29, 1.82) is 0 Å². The number of halogens is 2. The number of aryl methyl sites for hydroxylation is 1. The predicted octanol–water partition coefficient (Wildman–Crippen LogP) is 3.93. The average molecular weight is 377 g/mol. The number of fused-ring (bicyclic) bond motifs is 1. The molecule has 1 heterocycles. The fourth-order valence-corrected chi connectivity index (χ4v) is 2.97. The third kappa shape index (κ3) is 3.52. The number of carbonyl (C=O) groups is 3. The monoisotopic (exact) mass is 376 g/mol. The summed E-state index contributed by atoms with van der Waals surface area (Å²) in [5.74, 6) is -1.16. The zero-order chi connectivity index (χ0) is 18.1. The molecule has 1 aliphatic rings. The fourth-order valence-electron chi connectivity index (χ4n) is 2.62. The normalized spacial score (nSPS) is 13.2. The van der Waals surface area contributed by atoms with Gasteiger partial charge in [-0.1, -0.05) is 29.3 Å². The van der Waals surface area contributed by atoms with Crippen molar-refractivity contribution in [1.82, 2.24) is 4.90 Å². The summed E-state index contributed by atoms with van der Waals surface area (Å²) in [6.45, 7) is 1.84. The number of benzene rings is 2. The highest BCUT2D eigenvalue weighted by molar-refractivity contribution is 6.32. The van der Waals surface area contributed by atoms with E-state index in [0.717, 1.165) is 10.5 Å². The molecule has 0 radical (unpaired) electrons. The van der Waals surface area contributed by atoms with Crippen molar-refractivity contribution in [2.24, 2.45) is 0 Å². The molecule has 1 aliphatic heterocycles. The van der Waals surface area contributed by atoms with E-state index in [9.17, 15) is 14.4 Å². The van der Waals surface area contributed by atoms with Crippen LogP contribution in [0.2, 0.25) is 10.0 Å². The number of amides is 3. The van der Waals surface area contributed by atoms with Gasteiger partial charge in [0.15, 0.2) is 0 Å². The lowest BCUT2D eigenvalue weighted by atomic mass is 10.1.